The van der Waals surface area contributed by atoms with Gasteiger partial charge in [-0.25, -0.2) is 8.42 Å². The first-order chi connectivity index (χ1) is 7.43. The molecular weight excluding hydrogens is 228 g/mol. The summed E-state index contributed by atoms with van der Waals surface area (Å²) in [6.07, 6.45) is 0. The molecule has 0 aromatic heterocycles. The Bertz CT molecular complexity index is 531. The molecule has 0 amide bonds. The molecule has 0 heterocycles. The molecule has 0 unspecified atom stereocenters. The molecule has 0 saturated carbocycles. The van der Waals surface area contributed by atoms with Crippen molar-refractivity contribution < 1.29 is 13.3 Å². The van der Waals surface area contributed by atoms with Crippen LogP contribution >= 0.6 is 0 Å². The Hall–Kier alpha value is -1.42. The predicted molar refractivity (Wildman–Crippen MR) is 57.9 cm³/mol. The van der Waals surface area contributed by atoms with Gasteiger partial charge in [-0.2, -0.15) is 5.26 Å². The van der Waals surface area contributed by atoms with Crippen LogP contribution in [0.25, 0.3) is 0 Å². The molecule has 1 aromatic carbocycles. The van der Waals surface area contributed by atoms with Crippen molar-refractivity contribution in [3.63, 3.8) is 0 Å². The number of aryl methyl sites for hydroxylation is 1. The average molecular weight is 240 g/mol. The zero-order chi connectivity index (χ0) is 12.3. The van der Waals surface area contributed by atoms with Crippen LogP contribution in [-0.4, -0.2) is 27.0 Å². The van der Waals surface area contributed by atoms with Gasteiger partial charge < -0.3 is 0 Å². The molecule has 0 saturated heterocycles. The fourth-order valence-corrected chi connectivity index (χ4v) is 2.41. The summed E-state index contributed by atoms with van der Waals surface area (Å²) in [6.45, 7) is 1.66. The highest BCUT2D eigenvalue weighted by Crippen LogP contribution is 2.20. The topological polar surface area (TPSA) is 70.4 Å². The summed E-state index contributed by atoms with van der Waals surface area (Å²) < 4.78 is 24.6. The molecule has 1 aromatic rings. The zero-order valence-corrected chi connectivity index (χ0v) is 10.1. The summed E-state index contributed by atoms with van der Waals surface area (Å²) in [5.41, 5.74) is 0.872. The lowest BCUT2D eigenvalue weighted by Gasteiger charge is -2.15. The normalized spacial score (nSPS) is 11.4. The van der Waals surface area contributed by atoms with Gasteiger partial charge in [-0.3, -0.25) is 4.84 Å². The Morgan fingerprint density at radius 1 is 1.44 bits per heavy atom. The Kier molecular flexibility index (Phi) is 3.65. The van der Waals surface area contributed by atoms with E-state index in [0.717, 1.165) is 4.47 Å². The minimum absolute atomic E-state index is 0.0795. The fourth-order valence-electron chi connectivity index (χ4n) is 1.18. The molecule has 0 fully saturated rings. The quantitative estimate of drug-likeness (QED) is 0.740. The minimum Gasteiger partial charge on any atom is -0.288 e. The maximum absolute atomic E-state index is 11.9. The van der Waals surface area contributed by atoms with Gasteiger partial charge in [0, 0.05) is 7.05 Å². The molecule has 1 rings (SSSR count). The number of hydrogen-bond donors (Lipinski definition) is 0. The minimum atomic E-state index is -3.69. The van der Waals surface area contributed by atoms with E-state index in [0.29, 0.717) is 11.1 Å². The van der Waals surface area contributed by atoms with Crippen LogP contribution in [-0.2, 0) is 14.9 Å². The second-order valence-corrected chi connectivity index (χ2v) is 5.09. The number of nitrogens with zero attached hydrogens (tertiary/aromatic N) is 2. The number of benzene rings is 1. The van der Waals surface area contributed by atoms with Gasteiger partial charge in [-0.05, 0) is 24.6 Å². The summed E-state index contributed by atoms with van der Waals surface area (Å²) >= 11 is 0. The van der Waals surface area contributed by atoms with Crippen LogP contribution in [0.2, 0.25) is 0 Å². The van der Waals surface area contributed by atoms with Crippen molar-refractivity contribution in [3.05, 3.63) is 29.3 Å². The van der Waals surface area contributed by atoms with E-state index in [9.17, 15) is 8.42 Å². The van der Waals surface area contributed by atoms with E-state index in [1.54, 1.807) is 19.1 Å². The Labute approximate surface area is 94.9 Å². The lowest BCUT2D eigenvalue weighted by atomic mass is 10.2. The van der Waals surface area contributed by atoms with Crippen LogP contribution in [0.4, 0.5) is 0 Å². The Morgan fingerprint density at radius 3 is 2.56 bits per heavy atom. The molecule has 16 heavy (non-hydrogen) atoms. The molecule has 0 radical (unpaired) electrons. The highest BCUT2D eigenvalue weighted by molar-refractivity contribution is 7.89. The number of nitriles is 1. The molecule has 6 heteroatoms. The van der Waals surface area contributed by atoms with Crippen molar-refractivity contribution >= 4 is 10.0 Å². The number of hydrogen-bond acceptors (Lipinski definition) is 4. The molecule has 0 atom stereocenters. The first-order valence-corrected chi connectivity index (χ1v) is 5.91. The van der Waals surface area contributed by atoms with E-state index in [4.69, 9.17) is 5.26 Å². The third-order valence-corrected chi connectivity index (χ3v) is 4.01. The van der Waals surface area contributed by atoms with Gasteiger partial charge in [0.2, 0.25) is 0 Å². The molecule has 0 N–H and O–H groups in total. The fraction of sp³-hybridized carbons (Fsp3) is 0.300. The van der Waals surface area contributed by atoms with Crippen LogP contribution in [0.3, 0.4) is 0 Å². The zero-order valence-electron chi connectivity index (χ0n) is 9.26. The monoisotopic (exact) mass is 240 g/mol. The predicted octanol–water partition coefficient (Wildman–Crippen LogP) is 1.05. The largest absolute Gasteiger partial charge is 0.288 e. The van der Waals surface area contributed by atoms with E-state index >= 15 is 0 Å². The first kappa shape index (κ1) is 12.6. The van der Waals surface area contributed by atoms with Gasteiger partial charge in [0.05, 0.1) is 23.6 Å². The highest BCUT2D eigenvalue weighted by Gasteiger charge is 2.23. The van der Waals surface area contributed by atoms with Gasteiger partial charge in [0.1, 0.15) is 0 Å². The van der Waals surface area contributed by atoms with Crippen LogP contribution in [0.1, 0.15) is 11.1 Å². The number of rotatable bonds is 3. The van der Waals surface area contributed by atoms with Gasteiger partial charge in [-0.1, -0.05) is 10.5 Å². The summed E-state index contributed by atoms with van der Waals surface area (Å²) in [5, 5.41) is 8.72. The van der Waals surface area contributed by atoms with Crippen LogP contribution < -0.4 is 0 Å². The van der Waals surface area contributed by atoms with Gasteiger partial charge in [-0.15, -0.1) is 0 Å². The van der Waals surface area contributed by atoms with E-state index in [2.05, 4.69) is 4.84 Å². The molecule has 5 nitrogen and oxygen atoms in total. The van der Waals surface area contributed by atoms with Crippen molar-refractivity contribution in [2.75, 3.05) is 14.2 Å². The maximum Gasteiger partial charge on any atom is 0.265 e. The van der Waals surface area contributed by atoms with Crippen molar-refractivity contribution in [1.29, 1.82) is 5.26 Å². The Morgan fingerprint density at radius 2 is 2.06 bits per heavy atom. The maximum atomic E-state index is 11.9. The van der Waals surface area contributed by atoms with Crippen molar-refractivity contribution in [2.45, 2.75) is 11.8 Å². The standard InChI is InChI=1S/C10H12N2O3S/c1-8-4-5-9(7-11)6-10(8)16(13,14)12(2)15-3/h4-6H,1-3H3. The summed E-state index contributed by atoms with van der Waals surface area (Å²) in [5.74, 6) is 0. The lowest BCUT2D eigenvalue weighted by molar-refractivity contribution is -0.0259. The number of hydroxylamine groups is 1. The average Bonchev–Trinajstić information content (AvgIpc) is 2.28. The molecule has 0 aliphatic carbocycles. The Balaban J connectivity index is 3.39. The van der Waals surface area contributed by atoms with Crippen molar-refractivity contribution in [1.82, 2.24) is 4.47 Å². The van der Waals surface area contributed by atoms with Crippen LogP contribution in [0, 0.1) is 18.3 Å². The summed E-state index contributed by atoms with van der Waals surface area (Å²) in [4.78, 5) is 4.74. The summed E-state index contributed by atoms with van der Waals surface area (Å²) in [7, 11) is -1.13. The third-order valence-electron chi connectivity index (χ3n) is 2.19. The van der Waals surface area contributed by atoms with Crippen molar-refractivity contribution in [2.24, 2.45) is 0 Å². The highest BCUT2D eigenvalue weighted by atomic mass is 32.2. The molecule has 0 bridgehead atoms. The van der Waals surface area contributed by atoms with Crippen LogP contribution in [0.15, 0.2) is 23.1 Å². The molecular formula is C10H12N2O3S. The molecule has 0 spiro atoms. The lowest BCUT2D eigenvalue weighted by Crippen LogP contribution is -2.26. The second-order valence-electron chi connectivity index (χ2n) is 3.19. The van der Waals surface area contributed by atoms with Crippen molar-refractivity contribution in [3.8, 4) is 6.07 Å². The third kappa shape index (κ3) is 2.22. The smallest absolute Gasteiger partial charge is 0.265 e. The summed E-state index contributed by atoms with van der Waals surface area (Å²) in [6, 6.07) is 6.40. The van der Waals surface area contributed by atoms with Gasteiger partial charge in [0.25, 0.3) is 10.0 Å². The van der Waals surface area contributed by atoms with Gasteiger partial charge >= 0.3 is 0 Å². The van der Waals surface area contributed by atoms with E-state index in [1.807, 2.05) is 6.07 Å². The number of sulfonamides is 1. The molecule has 0 aliphatic rings. The first-order valence-electron chi connectivity index (χ1n) is 4.47. The molecule has 0 aliphatic heterocycles. The van der Waals surface area contributed by atoms with Crippen LogP contribution in [0.5, 0.6) is 0 Å². The molecule has 86 valence electrons. The SMILES string of the molecule is CON(C)S(=O)(=O)c1cc(C#N)ccc1C. The second kappa shape index (κ2) is 4.61. The van der Waals surface area contributed by atoms with Gasteiger partial charge in [0.15, 0.2) is 0 Å². The van der Waals surface area contributed by atoms with E-state index in [-0.39, 0.29) is 4.90 Å². The van der Waals surface area contributed by atoms with E-state index < -0.39 is 10.0 Å². The van der Waals surface area contributed by atoms with E-state index in [1.165, 1.54) is 20.2 Å².